The van der Waals surface area contributed by atoms with Gasteiger partial charge in [-0.25, -0.2) is 4.39 Å². The predicted molar refractivity (Wildman–Crippen MR) is 70.3 cm³/mol. The highest BCUT2D eigenvalue weighted by Gasteiger charge is 2.11. The SMILES string of the molecule is COc1cccc(CNCCN2CCCC2)c1F. The zero-order valence-electron chi connectivity index (χ0n) is 10.9. The van der Waals surface area contributed by atoms with Gasteiger partial charge in [0, 0.05) is 25.2 Å². The normalized spacial score (nSPS) is 16.1. The van der Waals surface area contributed by atoms with Gasteiger partial charge in [0.25, 0.3) is 0 Å². The molecule has 0 atom stereocenters. The molecule has 1 N–H and O–H groups in total. The monoisotopic (exact) mass is 252 g/mol. The summed E-state index contributed by atoms with van der Waals surface area (Å²) in [5, 5.41) is 3.28. The van der Waals surface area contributed by atoms with E-state index in [-0.39, 0.29) is 5.82 Å². The fourth-order valence-corrected chi connectivity index (χ4v) is 2.32. The lowest BCUT2D eigenvalue weighted by atomic mass is 10.2. The number of hydrogen-bond donors (Lipinski definition) is 1. The molecule has 1 fully saturated rings. The summed E-state index contributed by atoms with van der Waals surface area (Å²) in [6, 6.07) is 5.25. The summed E-state index contributed by atoms with van der Waals surface area (Å²) in [5.74, 6) is 0.0579. The third-order valence-electron chi connectivity index (χ3n) is 3.38. The Hall–Kier alpha value is -1.13. The Morgan fingerprint density at radius 2 is 2.11 bits per heavy atom. The highest BCUT2D eigenvalue weighted by Crippen LogP contribution is 2.19. The summed E-state index contributed by atoms with van der Waals surface area (Å²) in [6.07, 6.45) is 2.62. The zero-order chi connectivity index (χ0) is 12.8. The Morgan fingerprint density at radius 3 is 2.83 bits per heavy atom. The Labute approximate surface area is 108 Å². The van der Waals surface area contributed by atoms with Crippen LogP contribution in [0.1, 0.15) is 18.4 Å². The fraction of sp³-hybridized carbons (Fsp3) is 0.571. The molecule has 18 heavy (non-hydrogen) atoms. The molecule has 2 rings (SSSR count). The van der Waals surface area contributed by atoms with E-state index in [2.05, 4.69) is 10.2 Å². The lowest BCUT2D eigenvalue weighted by Crippen LogP contribution is -2.29. The first-order chi connectivity index (χ1) is 8.81. The van der Waals surface area contributed by atoms with E-state index in [1.807, 2.05) is 6.07 Å². The van der Waals surface area contributed by atoms with Crippen molar-refractivity contribution in [1.29, 1.82) is 0 Å². The number of nitrogens with one attached hydrogen (secondary N) is 1. The van der Waals surface area contributed by atoms with Crippen LogP contribution < -0.4 is 10.1 Å². The molecule has 0 unspecified atom stereocenters. The van der Waals surface area contributed by atoms with Crippen LogP contribution in [0.4, 0.5) is 4.39 Å². The highest BCUT2D eigenvalue weighted by molar-refractivity contribution is 5.30. The van der Waals surface area contributed by atoms with Gasteiger partial charge in [0.2, 0.25) is 0 Å². The molecule has 0 amide bonds. The van der Waals surface area contributed by atoms with Crippen molar-refractivity contribution in [2.24, 2.45) is 0 Å². The average molecular weight is 252 g/mol. The molecule has 1 saturated heterocycles. The van der Waals surface area contributed by atoms with Crippen LogP contribution in [-0.2, 0) is 6.54 Å². The number of nitrogens with zero attached hydrogens (tertiary/aromatic N) is 1. The summed E-state index contributed by atoms with van der Waals surface area (Å²) in [7, 11) is 1.49. The third kappa shape index (κ3) is 3.43. The second-order valence-electron chi connectivity index (χ2n) is 4.66. The van der Waals surface area contributed by atoms with Crippen molar-refractivity contribution in [3.8, 4) is 5.75 Å². The van der Waals surface area contributed by atoms with Crippen LogP contribution in [-0.4, -0.2) is 38.2 Å². The van der Waals surface area contributed by atoms with Gasteiger partial charge >= 0.3 is 0 Å². The first kappa shape index (κ1) is 13.3. The molecule has 0 saturated carbocycles. The molecule has 4 heteroatoms. The molecule has 1 heterocycles. The number of hydrogen-bond acceptors (Lipinski definition) is 3. The molecule has 1 aromatic rings. The molecule has 0 radical (unpaired) electrons. The van der Waals surface area contributed by atoms with Crippen molar-refractivity contribution in [1.82, 2.24) is 10.2 Å². The number of ether oxygens (including phenoxy) is 1. The van der Waals surface area contributed by atoms with E-state index >= 15 is 0 Å². The van der Waals surface area contributed by atoms with Crippen LogP contribution in [0.2, 0.25) is 0 Å². The minimum Gasteiger partial charge on any atom is -0.494 e. The van der Waals surface area contributed by atoms with E-state index in [9.17, 15) is 4.39 Å². The van der Waals surface area contributed by atoms with E-state index in [0.29, 0.717) is 17.9 Å². The Morgan fingerprint density at radius 1 is 1.33 bits per heavy atom. The smallest absolute Gasteiger partial charge is 0.169 e. The van der Waals surface area contributed by atoms with Gasteiger partial charge in [0.05, 0.1) is 7.11 Å². The van der Waals surface area contributed by atoms with Crippen LogP contribution in [0.25, 0.3) is 0 Å². The van der Waals surface area contributed by atoms with Gasteiger partial charge in [0.15, 0.2) is 11.6 Å². The number of benzene rings is 1. The van der Waals surface area contributed by atoms with Crippen LogP contribution in [0, 0.1) is 5.82 Å². The zero-order valence-corrected chi connectivity index (χ0v) is 10.9. The average Bonchev–Trinajstić information content (AvgIpc) is 2.89. The van der Waals surface area contributed by atoms with Crippen LogP contribution in [0.15, 0.2) is 18.2 Å². The molecular formula is C14H21FN2O. The molecule has 0 aromatic heterocycles. The van der Waals surface area contributed by atoms with Crippen molar-refractivity contribution in [2.45, 2.75) is 19.4 Å². The minimum atomic E-state index is -0.256. The van der Waals surface area contributed by atoms with Gasteiger partial charge in [-0.05, 0) is 32.0 Å². The summed E-state index contributed by atoms with van der Waals surface area (Å²) < 4.78 is 18.8. The van der Waals surface area contributed by atoms with Gasteiger partial charge in [-0.15, -0.1) is 0 Å². The number of rotatable bonds is 6. The van der Waals surface area contributed by atoms with E-state index in [4.69, 9.17) is 4.74 Å². The van der Waals surface area contributed by atoms with Crippen LogP contribution in [0.5, 0.6) is 5.75 Å². The first-order valence-electron chi connectivity index (χ1n) is 6.55. The molecule has 1 aliphatic heterocycles. The Kier molecular flexibility index (Phi) is 4.96. The number of halogens is 1. The number of methoxy groups -OCH3 is 1. The minimum absolute atomic E-state index is 0.256. The lowest BCUT2D eigenvalue weighted by molar-refractivity contribution is 0.335. The van der Waals surface area contributed by atoms with E-state index in [1.165, 1.54) is 33.0 Å². The first-order valence-corrected chi connectivity index (χ1v) is 6.55. The molecule has 1 aromatic carbocycles. The lowest BCUT2D eigenvalue weighted by Gasteiger charge is -2.15. The summed E-state index contributed by atoms with van der Waals surface area (Å²) in [5.41, 5.74) is 0.663. The highest BCUT2D eigenvalue weighted by atomic mass is 19.1. The van der Waals surface area contributed by atoms with E-state index in [0.717, 1.165) is 13.1 Å². The Balaban J connectivity index is 1.75. The molecular weight excluding hydrogens is 231 g/mol. The third-order valence-corrected chi connectivity index (χ3v) is 3.38. The van der Waals surface area contributed by atoms with Gasteiger partial charge in [-0.2, -0.15) is 0 Å². The van der Waals surface area contributed by atoms with Gasteiger partial charge in [0.1, 0.15) is 0 Å². The van der Waals surface area contributed by atoms with Crippen molar-refractivity contribution >= 4 is 0 Å². The molecule has 100 valence electrons. The maximum atomic E-state index is 13.8. The predicted octanol–water partition coefficient (Wildman–Crippen LogP) is 2.02. The van der Waals surface area contributed by atoms with Gasteiger partial charge in [-0.1, -0.05) is 12.1 Å². The summed E-state index contributed by atoms with van der Waals surface area (Å²) in [4.78, 5) is 2.44. The fourth-order valence-electron chi connectivity index (χ4n) is 2.32. The Bertz CT molecular complexity index is 378. The van der Waals surface area contributed by atoms with Crippen LogP contribution >= 0.6 is 0 Å². The van der Waals surface area contributed by atoms with Crippen molar-refractivity contribution in [2.75, 3.05) is 33.3 Å². The van der Waals surface area contributed by atoms with Crippen molar-refractivity contribution in [3.63, 3.8) is 0 Å². The standard InChI is InChI=1S/C14H21FN2O/c1-18-13-6-4-5-12(14(13)15)11-16-7-10-17-8-2-3-9-17/h4-6,16H,2-3,7-11H2,1H3. The van der Waals surface area contributed by atoms with Crippen molar-refractivity contribution < 1.29 is 9.13 Å². The quantitative estimate of drug-likeness (QED) is 0.784. The molecule has 3 nitrogen and oxygen atoms in total. The second kappa shape index (κ2) is 6.71. The molecule has 0 aliphatic carbocycles. The van der Waals surface area contributed by atoms with Gasteiger partial charge in [-0.3, -0.25) is 0 Å². The molecule has 0 spiro atoms. The largest absolute Gasteiger partial charge is 0.494 e. The second-order valence-corrected chi connectivity index (χ2v) is 4.66. The summed E-state index contributed by atoms with van der Waals surface area (Å²) >= 11 is 0. The van der Waals surface area contributed by atoms with E-state index < -0.39 is 0 Å². The van der Waals surface area contributed by atoms with E-state index in [1.54, 1.807) is 12.1 Å². The van der Waals surface area contributed by atoms with Gasteiger partial charge < -0.3 is 15.0 Å². The maximum absolute atomic E-state index is 13.8. The number of likely N-dealkylation sites (tertiary alicyclic amines) is 1. The maximum Gasteiger partial charge on any atom is 0.169 e. The van der Waals surface area contributed by atoms with Crippen molar-refractivity contribution in [3.05, 3.63) is 29.6 Å². The molecule has 1 aliphatic rings. The van der Waals surface area contributed by atoms with Crippen LogP contribution in [0.3, 0.4) is 0 Å². The molecule has 0 bridgehead atoms. The summed E-state index contributed by atoms with van der Waals surface area (Å²) in [6.45, 7) is 4.91. The topological polar surface area (TPSA) is 24.5 Å².